The Morgan fingerprint density at radius 3 is 2.47 bits per heavy atom. The van der Waals surface area contributed by atoms with Gasteiger partial charge in [0, 0.05) is 17.7 Å². The van der Waals surface area contributed by atoms with Crippen LogP contribution in [0.4, 0.5) is 8.78 Å². The van der Waals surface area contributed by atoms with E-state index in [1.165, 1.54) is 6.92 Å². The summed E-state index contributed by atoms with van der Waals surface area (Å²) in [6.45, 7) is 1.80. The van der Waals surface area contributed by atoms with Crippen molar-refractivity contribution in [3.63, 3.8) is 0 Å². The quantitative estimate of drug-likeness (QED) is 0.921. The van der Waals surface area contributed by atoms with Gasteiger partial charge in [0.25, 0.3) is 0 Å². The maximum atomic E-state index is 13.9. The van der Waals surface area contributed by atoms with Crippen LogP contribution in [0.1, 0.15) is 11.1 Å². The van der Waals surface area contributed by atoms with Crippen LogP contribution in [0.25, 0.3) is 11.1 Å². The Balaban J connectivity index is 2.56. The number of aryl methyl sites for hydroxylation is 1. The monoisotopic (exact) mass is 263 g/mol. The lowest BCUT2D eigenvalue weighted by atomic mass is 10.0. The first-order valence-corrected chi connectivity index (χ1v) is 5.90. The summed E-state index contributed by atoms with van der Waals surface area (Å²) < 4.78 is 32.7. The maximum absolute atomic E-state index is 13.9. The topological polar surface area (TPSA) is 35.2 Å². The molecular weight excluding hydrogens is 248 g/mol. The average molecular weight is 263 g/mol. The molecule has 4 heteroatoms. The SMILES string of the molecule is COc1ccc(-c2ccc(C)c(F)c2F)cc1CN. The van der Waals surface area contributed by atoms with Crippen LogP contribution in [-0.2, 0) is 6.54 Å². The zero-order valence-corrected chi connectivity index (χ0v) is 10.8. The maximum Gasteiger partial charge on any atom is 0.166 e. The van der Waals surface area contributed by atoms with Crippen molar-refractivity contribution >= 4 is 0 Å². The Bertz CT molecular complexity index is 611. The summed E-state index contributed by atoms with van der Waals surface area (Å²) in [5.41, 5.74) is 7.46. The third-order valence-electron chi connectivity index (χ3n) is 3.09. The van der Waals surface area contributed by atoms with Crippen molar-refractivity contribution in [1.29, 1.82) is 0 Å². The summed E-state index contributed by atoms with van der Waals surface area (Å²) in [7, 11) is 1.54. The highest BCUT2D eigenvalue weighted by atomic mass is 19.2. The lowest BCUT2D eigenvalue weighted by molar-refractivity contribution is 0.410. The van der Waals surface area contributed by atoms with Gasteiger partial charge < -0.3 is 10.5 Å². The molecular formula is C15H15F2NO. The number of benzene rings is 2. The third kappa shape index (κ3) is 2.44. The first kappa shape index (κ1) is 13.5. The second kappa shape index (κ2) is 5.36. The smallest absolute Gasteiger partial charge is 0.166 e. The van der Waals surface area contributed by atoms with E-state index in [-0.39, 0.29) is 17.7 Å². The zero-order valence-electron chi connectivity index (χ0n) is 10.8. The summed E-state index contributed by atoms with van der Waals surface area (Å²) in [5.74, 6) is -1.02. The van der Waals surface area contributed by atoms with Crippen LogP contribution < -0.4 is 10.5 Å². The molecule has 2 aromatic carbocycles. The van der Waals surface area contributed by atoms with E-state index in [1.807, 2.05) is 0 Å². The van der Waals surface area contributed by atoms with E-state index in [0.717, 1.165) is 5.56 Å². The molecule has 0 unspecified atom stereocenters. The second-order valence-electron chi connectivity index (χ2n) is 4.29. The molecule has 0 spiro atoms. The Morgan fingerprint density at radius 1 is 1.11 bits per heavy atom. The minimum atomic E-state index is -0.840. The van der Waals surface area contributed by atoms with Gasteiger partial charge in [0.05, 0.1) is 7.11 Å². The molecule has 0 aromatic heterocycles. The van der Waals surface area contributed by atoms with Crippen molar-refractivity contribution in [2.24, 2.45) is 5.73 Å². The summed E-state index contributed by atoms with van der Waals surface area (Å²) in [6.07, 6.45) is 0. The van der Waals surface area contributed by atoms with E-state index >= 15 is 0 Å². The Hall–Kier alpha value is -1.94. The van der Waals surface area contributed by atoms with Crippen LogP contribution in [-0.4, -0.2) is 7.11 Å². The molecule has 0 amide bonds. The fraction of sp³-hybridized carbons (Fsp3) is 0.200. The van der Waals surface area contributed by atoms with Crippen LogP contribution >= 0.6 is 0 Å². The van der Waals surface area contributed by atoms with Crippen LogP contribution in [0, 0.1) is 18.6 Å². The molecule has 0 bridgehead atoms. The van der Waals surface area contributed by atoms with Gasteiger partial charge in [0.2, 0.25) is 0 Å². The number of rotatable bonds is 3. The van der Waals surface area contributed by atoms with Crippen LogP contribution in [0.5, 0.6) is 5.75 Å². The second-order valence-corrected chi connectivity index (χ2v) is 4.29. The van der Waals surface area contributed by atoms with E-state index < -0.39 is 11.6 Å². The van der Waals surface area contributed by atoms with Crippen molar-refractivity contribution in [2.45, 2.75) is 13.5 Å². The van der Waals surface area contributed by atoms with Crippen molar-refractivity contribution in [1.82, 2.24) is 0 Å². The van der Waals surface area contributed by atoms with Gasteiger partial charge in [-0.15, -0.1) is 0 Å². The van der Waals surface area contributed by atoms with Gasteiger partial charge in [-0.3, -0.25) is 0 Å². The summed E-state index contributed by atoms with van der Waals surface area (Å²) in [4.78, 5) is 0. The first-order chi connectivity index (χ1) is 9.08. The van der Waals surface area contributed by atoms with Crippen LogP contribution in [0.15, 0.2) is 30.3 Å². The third-order valence-corrected chi connectivity index (χ3v) is 3.09. The molecule has 0 heterocycles. The minimum Gasteiger partial charge on any atom is -0.496 e. The predicted molar refractivity (Wildman–Crippen MR) is 71.0 cm³/mol. The molecule has 100 valence electrons. The molecule has 19 heavy (non-hydrogen) atoms. The van der Waals surface area contributed by atoms with Gasteiger partial charge in [-0.25, -0.2) is 8.78 Å². The summed E-state index contributed by atoms with van der Waals surface area (Å²) in [5, 5.41) is 0. The molecule has 0 atom stereocenters. The largest absolute Gasteiger partial charge is 0.496 e. The molecule has 0 aliphatic carbocycles. The number of hydrogen-bond acceptors (Lipinski definition) is 2. The molecule has 0 radical (unpaired) electrons. The fourth-order valence-corrected chi connectivity index (χ4v) is 1.97. The number of ether oxygens (including phenoxy) is 1. The van der Waals surface area contributed by atoms with E-state index in [4.69, 9.17) is 10.5 Å². The van der Waals surface area contributed by atoms with Gasteiger partial charge in [0.15, 0.2) is 11.6 Å². The molecule has 2 rings (SSSR count). The molecule has 0 saturated heterocycles. The fourth-order valence-electron chi connectivity index (χ4n) is 1.97. The first-order valence-electron chi connectivity index (χ1n) is 5.90. The highest BCUT2D eigenvalue weighted by Crippen LogP contribution is 2.30. The van der Waals surface area contributed by atoms with Crippen LogP contribution in [0.2, 0.25) is 0 Å². The van der Waals surface area contributed by atoms with Crippen LogP contribution in [0.3, 0.4) is 0 Å². The van der Waals surface area contributed by atoms with Crippen molar-refractivity contribution in [3.05, 3.63) is 53.1 Å². The van der Waals surface area contributed by atoms with Crippen molar-refractivity contribution < 1.29 is 13.5 Å². The van der Waals surface area contributed by atoms with Crippen molar-refractivity contribution in [2.75, 3.05) is 7.11 Å². The number of hydrogen-bond donors (Lipinski definition) is 1. The molecule has 0 aliphatic rings. The molecule has 2 aromatic rings. The highest BCUT2D eigenvalue weighted by Gasteiger charge is 2.13. The van der Waals surface area contributed by atoms with Gasteiger partial charge in [0.1, 0.15) is 5.75 Å². The van der Waals surface area contributed by atoms with E-state index in [2.05, 4.69) is 0 Å². The lowest BCUT2D eigenvalue weighted by Crippen LogP contribution is -2.01. The van der Waals surface area contributed by atoms with Gasteiger partial charge in [-0.05, 0) is 30.2 Å². The Labute approximate surface area is 110 Å². The lowest BCUT2D eigenvalue weighted by Gasteiger charge is -2.11. The Kier molecular flexibility index (Phi) is 3.81. The number of nitrogens with two attached hydrogens (primary N) is 1. The average Bonchev–Trinajstić information content (AvgIpc) is 2.44. The number of halogens is 2. The standard InChI is InChI=1S/C15H15F2NO/c1-9-3-5-12(15(17)14(9)16)10-4-6-13(19-2)11(7-10)8-18/h3-7H,8,18H2,1-2H3. The molecule has 0 saturated carbocycles. The predicted octanol–water partition coefficient (Wildman–Crippen LogP) is 3.41. The molecule has 2 nitrogen and oxygen atoms in total. The van der Waals surface area contributed by atoms with E-state index in [1.54, 1.807) is 37.4 Å². The number of methoxy groups -OCH3 is 1. The van der Waals surface area contributed by atoms with Gasteiger partial charge in [-0.1, -0.05) is 18.2 Å². The highest BCUT2D eigenvalue weighted by molar-refractivity contribution is 5.67. The Morgan fingerprint density at radius 2 is 1.84 bits per heavy atom. The summed E-state index contributed by atoms with van der Waals surface area (Å²) in [6, 6.07) is 8.22. The minimum absolute atomic E-state index is 0.223. The zero-order chi connectivity index (χ0) is 14.0. The molecule has 2 N–H and O–H groups in total. The van der Waals surface area contributed by atoms with Crippen molar-refractivity contribution in [3.8, 4) is 16.9 Å². The summed E-state index contributed by atoms with van der Waals surface area (Å²) >= 11 is 0. The van der Waals surface area contributed by atoms with E-state index in [9.17, 15) is 8.78 Å². The van der Waals surface area contributed by atoms with E-state index in [0.29, 0.717) is 11.3 Å². The van der Waals surface area contributed by atoms with Gasteiger partial charge in [-0.2, -0.15) is 0 Å². The van der Waals surface area contributed by atoms with Gasteiger partial charge >= 0.3 is 0 Å². The normalized spacial score (nSPS) is 10.6. The molecule has 0 fully saturated rings. The molecule has 0 aliphatic heterocycles.